The molecule has 2 aliphatic rings. The third kappa shape index (κ3) is 2.94. The van der Waals surface area contributed by atoms with Crippen LogP contribution in [0.15, 0.2) is 23.4 Å². The summed E-state index contributed by atoms with van der Waals surface area (Å²) in [6, 6.07) is 6.00. The Kier molecular flexibility index (Phi) is 4.18. The molecule has 0 bridgehead atoms. The first kappa shape index (κ1) is 13.4. The smallest absolute Gasteiger partial charge is 0.119 e. The van der Waals surface area contributed by atoms with Crippen LogP contribution in [-0.2, 0) is 11.2 Å². The number of aryl methyl sites for hydroxylation is 1. The number of benzene rings is 1. The summed E-state index contributed by atoms with van der Waals surface area (Å²) in [5.41, 5.74) is 3.04. The molecule has 1 aliphatic heterocycles. The Morgan fingerprint density at radius 1 is 1.25 bits per heavy atom. The molecule has 0 saturated carbocycles. The first-order valence-electron chi connectivity index (χ1n) is 7.14. The zero-order valence-corrected chi connectivity index (χ0v) is 11.5. The van der Waals surface area contributed by atoms with E-state index in [9.17, 15) is 0 Å². The predicted molar refractivity (Wildman–Crippen MR) is 75.8 cm³/mol. The third-order valence-corrected chi connectivity index (χ3v) is 3.92. The van der Waals surface area contributed by atoms with Crippen molar-refractivity contribution in [1.82, 2.24) is 4.90 Å². The highest BCUT2D eigenvalue weighted by molar-refractivity contribution is 6.04. The molecular formula is C15H20N2O3. The van der Waals surface area contributed by atoms with E-state index in [4.69, 9.17) is 14.7 Å². The quantitative estimate of drug-likeness (QED) is 0.669. The van der Waals surface area contributed by atoms with Crippen LogP contribution in [-0.4, -0.2) is 55.3 Å². The Bertz CT molecular complexity index is 496. The molecular weight excluding hydrogens is 256 g/mol. The molecule has 0 amide bonds. The molecule has 1 aromatic carbocycles. The van der Waals surface area contributed by atoms with Crippen molar-refractivity contribution in [3.8, 4) is 5.75 Å². The predicted octanol–water partition coefficient (Wildman–Crippen LogP) is 1.52. The average molecular weight is 276 g/mol. The average Bonchev–Trinajstić information content (AvgIpc) is 2.90. The maximum atomic E-state index is 8.91. The largest absolute Gasteiger partial charge is 0.492 e. The van der Waals surface area contributed by atoms with Crippen molar-refractivity contribution >= 4 is 5.71 Å². The van der Waals surface area contributed by atoms with Crippen LogP contribution < -0.4 is 4.74 Å². The Morgan fingerprint density at radius 3 is 2.90 bits per heavy atom. The first-order chi connectivity index (χ1) is 9.86. The van der Waals surface area contributed by atoms with Gasteiger partial charge in [0.25, 0.3) is 0 Å². The zero-order chi connectivity index (χ0) is 13.8. The van der Waals surface area contributed by atoms with E-state index in [-0.39, 0.29) is 0 Å². The minimum atomic E-state index is 0.694. The minimum absolute atomic E-state index is 0.694. The maximum absolute atomic E-state index is 8.91. The lowest BCUT2D eigenvalue weighted by Crippen LogP contribution is -2.38. The van der Waals surface area contributed by atoms with Crippen LogP contribution in [0.25, 0.3) is 0 Å². The van der Waals surface area contributed by atoms with Crippen molar-refractivity contribution in [2.45, 2.75) is 12.8 Å². The van der Waals surface area contributed by atoms with Crippen LogP contribution in [0, 0.1) is 0 Å². The van der Waals surface area contributed by atoms with Gasteiger partial charge in [-0.25, -0.2) is 0 Å². The molecule has 1 N–H and O–H groups in total. The molecule has 20 heavy (non-hydrogen) atoms. The molecule has 5 nitrogen and oxygen atoms in total. The van der Waals surface area contributed by atoms with E-state index in [0.29, 0.717) is 6.61 Å². The number of morpholine rings is 1. The fourth-order valence-corrected chi connectivity index (χ4v) is 2.76. The van der Waals surface area contributed by atoms with E-state index in [0.717, 1.165) is 62.7 Å². The summed E-state index contributed by atoms with van der Waals surface area (Å²) in [4.78, 5) is 2.35. The summed E-state index contributed by atoms with van der Waals surface area (Å²) in [5, 5.41) is 12.2. The van der Waals surface area contributed by atoms with Crippen molar-refractivity contribution in [2.75, 3.05) is 39.5 Å². The van der Waals surface area contributed by atoms with Gasteiger partial charge in [-0.15, -0.1) is 0 Å². The van der Waals surface area contributed by atoms with E-state index >= 15 is 0 Å². The van der Waals surface area contributed by atoms with Crippen LogP contribution in [0.4, 0.5) is 0 Å². The zero-order valence-electron chi connectivity index (χ0n) is 11.5. The molecule has 5 heteroatoms. The molecule has 0 atom stereocenters. The van der Waals surface area contributed by atoms with Gasteiger partial charge in [0.05, 0.1) is 18.9 Å². The fraction of sp³-hybridized carbons (Fsp3) is 0.533. The summed E-state index contributed by atoms with van der Waals surface area (Å²) in [6.07, 6.45) is 1.73. The van der Waals surface area contributed by atoms with Crippen LogP contribution in [0.3, 0.4) is 0 Å². The standard InChI is InChI=1S/C15H20N2O3/c18-16-15-4-1-12-11-13(2-3-14(12)15)20-10-7-17-5-8-19-9-6-17/h2-3,11,18H,1,4-10H2/b16-15-. The van der Waals surface area contributed by atoms with Crippen LogP contribution in [0.5, 0.6) is 5.75 Å². The summed E-state index contributed by atoms with van der Waals surface area (Å²) in [5.74, 6) is 0.899. The molecule has 0 unspecified atom stereocenters. The van der Waals surface area contributed by atoms with Gasteiger partial charge in [0, 0.05) is 25.2 Å². The SMILES string of the molecule is O/N=C1/CCc2cc(OCCN3CCOCC3)ccc21. The molecule has 0 aromatic heterocycles. The van der Waals surface area contributed by atoms with Gasteiger partial charge in [-0.05, 0) is 36.6 Å². The van der Waals surface area contributed by atoms with Crippen molar-refractivity contribution in [2.24, 2.45) is 5.16 Å². The van der Waals surface area contributed by atoms with Crippen LogP contribution >= 0.6 is 0 Å². The monoisotopic (exact) mass is 276 g/mol. The highest BCUT2D eigenvalue weighted by Crippen LogP contribution is 2.26. The Balaban J connectivity index is 1.53. The molecule has 3 rings (SSSR count). The number of ether oxygens (including phenoxy) is 2. The lowest BCUT2D eigenvalue weighted by atomic mass is 10.1. The molecule has 1 fully saturated rings. The maximum Gasteiger partial charge on any atom is 0.119 e. The molecule has 0 radical (unpaired) electrons. The second kappa shape index (κ2) is 6.24. The van der Waals surface area contributed by atoms with Crippen molar-refractivity contribution in [1.29, 1.82) is 0 Å². The molecule has 1 heterocycles. The molecule has 0 spiro atoms. The number of hydrogen-bond donors (Lipinski definition) is 1. The Hall–Kier alpha value is -1.59. The van der Waals surface area contributed by atoms with E-state index < -0.39 is 0 Å². The molecule has 108 valence electrons. The van der Waals surface area contributed by atoms with Gasteiger partial charge in [-0.3, -0.25) is 4.90 Å². The highest BCUT2D eigenvalue weighted by Gasteiger charge is 2.18. The topological polar surface area (TPSA) is 54.3 Å². The Labute approximate surface area is 118 Å². The summed E-state index contributed by atoms with van der Waals surface area (Å²) in [7, 11) is 0. The lowest BCUT2D eigenvalue weighted by molar-refractivity contribution is 0.0322. The lowest BCUT2D eigenvalue weighted by Gasteiger charge is -2.26. The highest BCUT2D eigenvalue weighted by atomic mass is 16.5. The number of nitrogens with zero attached hydrogens (tertiary/aromatic N) is 2. The third-order valence-electron chi connectivity index (χ3n) is 3.92. The molecule has 1 aliphatic carbocycles. The van der Waals surface area contributed by atoms with Crippen LogP contribution in [0.2, 0.25) is 0 Å². The van der Waals surface area contributed by atoms with Gasteiger partial charge in [0.2, 0.25) is 0 Å². The van der Waals surface area contributed by atoms with E-state index in [1.807, 2.05) is 12.1 Å². The fourth-order valence-electron chi connectivity index (χ4n) is 2.76. The van der Waals surface area contributed by atoms with E-state index in [1.165, 1.54) is 5.56 Å². The van der Waals surface area contributed by atoms with Crippen molar-refractivity contribution < 1.29 is 14.7 Å². The summed E-state index contributed by atoms with van der Waals surface area (Å²) >= 11 is 0. The first-order valence-corrected chi connectivity index (χ1v) is 7.14. The van der Waals surface area contributed by atoms with E-state index in [1.54, 1.807) is 0 Å². The molecule has 1 saturated heterocycles. The van der Waals surface area contributed by atoms with E-state index in [2.05, 4.69) is 16.1 Å². The summed E-state index contributed by atoms with van der Waals surface area (Å²) < 4.78 is 11.1. The van der Waals surface area contributed by atoms with Crippen molar-refractivity contribution in [3.63, 3.8) is 0 Å². The van der Waals surface area contributed by atoms with Crippen LogP contribution in [0.1, 0.15) is 17.5 Å². The second-order valence-electron chi connectivity index (χ2n) is 5.17. The van der Waals surface area contributed by atoms with Gasteiger partial charge in [-0.1, -0.05) is 5.16 Å². The van der Waals surface area contributed by atoms with Gasteiger partial charge in [-0.2, -0.15) is 0 Å². The van der Waals surface area contributed by atoms with Crippen molar-refractivity contribution in [3.05, 3.63) is 29.3 Å². The number of hydrogen-bond acceptors (Lipinski definition) is 5. The van der Waals surface area contributed by atoms with Gasteiger partial charge >= 0.3 is 0 Å². The Morgan fingerprint density at radius 2 is 2.10 bits per heavy atom. The number of rotatable bonds is 4. The molecule has 1 aromatic rings. The van der Waals surface area contributed by atoms with Gasteiger partial charge in [0.1, 0.15) is 12.4 Å². The normalized spacial score (nSPS) is 21.1. The van der Waals surface area contributed by atoms with Gasteiger partial charge < -0.3 is 14.7 Å². The number of oxime groups is 1. The summed E-state index contributed by atoms with van der Waals surface area (Å²) in [6.45, 7) is 5.25. The minimum Gasteiger partial charge on any atom is -0.492 e. The number of fused-ring (bicyclic) bond motifs is 1. The second-order valence-corrected chi connectivity index (χ2v) is 5.17. The van der Waals surface area contributed by atoms with Gasteiger partial charge in [0.15, 0.2) is 0 Å².